The lowest BCUT2D eigenvalue weighted by Gasteiger charge is -2.04. The summed E-state index contributed by atoms with van der Waals surface area (Å²) in [5.74, 6) is 1.57. The highest BCUT2D eigenvalue weighted by Gasteiger charge is 2.18. The standard InChI is InChI=1S/C16H14ClNO/c1-10-11(2)19-12(3)15(10)16(17)14(9-18)13-7-5-4-6-8-13/h4-8H,1-3H3/b16-14-. The quantitative estimate of drug-likeness (QED) is 0.733. The summed E-state index contributed by atoms with van der Waals surface area (Å²) in [7, 11) is 0. The summed E-state index contributed by atoms with van der Waals surface area (Å²) in [4.78, 5) is 0. The number of aryl methyl sites for hydroxylation is 2. The lowest BCUT2D eigenvalue weighted by molar-refractivity contribution is 0.502. The van der Waals surface area contributed by atoms with Crippen LogP contribution in [0.25, 0.3) is 10.6 Å². The highest BCUT2D eigenvalue weighted by molar-refractivity contribution is 6.53. The molecule has 0 amide bonds. The van der Waals surface area contributed by atoms with Gasteiger partial charge in [-0.1, -0.05) is 41.9 Å². The van der Waals surface area contributed by atoms with Crippen LogP contribution >= 0.6 is 11.6 Å². The van der Waals surface area contributed by atoms with Gasteiger partial charge in [-0.25, -0.2) is 0 Å². The molecule has 0 saturated heterocycles. The number of benzene rings is 1. The van der Waals surface area contributed by atoms with E-state index >= 15 is 0 Å². The van der Waals surface area contributed by atoms with Gasteiger partial charge >= 0.3 is 0 Å². The average molecular weight is 272 g/mol. The molecule has 0 bridgehead atoms. The third-order valence-electron chi connectivity index (χ3n) is 3.17. The van der Waals surface area contributed by atoms with Crippen LogP contribution in [0.2, 0.25) is 0 Å². The Labute approximate surface area is 117 Å². The van der Waals surface area contributed by atoms with Gasteiger partial charge in [0, 0.05) is 5.56 Å². The molecule has 96 valence electrons. The number of furan rings is 1. The number of halogens is 1. The second-order valence-corrected chi connectivity index (χ2v) is 4.76. The zero-order chi connectivity index (χ0) is 14.0. The first-order valence-electron chi connectivity index (χ1n) is 5.98. The Morgan fingerprint density at radius 2 is 1.74 bits per heavy atom. The molecular weight excluding hydrogens is 258 g/mol. The lowest BCUT2D eigenvalue weighted by atomic mass is 10.0. The van der Waals surface area contributed by atoms with Crippen molar-refractivity contribution in [3.8, 4) is 6.07 Å². The molecule has 0 saturated carbocycles. The third-order valence-corrected chi connectivity index (χ3v) is 3.55. The van der Waals surface area contributed by atoms with Crippen molar-refractivity contribution in [1.29, 1.82) is 5.26 Å². The lowest BCUT2D eigenvalue weighted by Crippen LogP contribution is -1.88. The van der Waals surface area contributed by atoms with Crippen LogP contribution in [0, 0.1) is 32.1 Å². The topological polar surface area (TPSA) is 36.9 Å². The first-order valence-corrected chi connectivity index (χ1v) is 6.36. The summed E-state index contributed by atoms with van der Waals surface area (Å²) in [6.45, 7) is 5.70. The van der Waals surface area contributed by atoms with Gasteiger partial charge in [0.15, 0.2) is 0 Å². The van der Waals surface area contributed by atoms with E-state index in [2.05, 4.69) is 6.07 Å². The van der Waals surface area contributed by atoms with Crippen LogP contribution in [0.4, 0.5) is 0 Å². The fourth-order valence-corrected chi connectivity index (χ4v) is 2.51. The zero-order valence-corrected chi connectivity index (χ0v) is 11.9. The van der Waals surface area contributed by atoms with Gasteiger partial charge in [0.25, 0.3) is 0 Å². The van der Waals surface area contributed by atoms with Crippen molar-refractivity contribution >= 4 is 22.2 Å². The summed E-state index contributed by atoms with van der Waals surface area (Å²) in [5, 5.41) is 9.82. The largest absolute Gasteiger partial charge is 0.466 e. The number of allylic oxidation sites excluding steroid dienone is 1. The number of hydrogen-bond donors (Lipinski definition) is 0. The van der Waals surface area contributed by atoms with E-state index in [0.29, 0.717) is 10.6 Å². The molecule has 0 fully saturated rings. The third kappa shape index (κ3) is 2.43. The van der Waals surface area contributed by atoms with E-state index in [1.165, 1.54) is 0 Å². The Balaban J connectivity index is 2.66. The van der Waals surface area contributed by atoms with E-state index in [4.69, 9.17) is 16.0 Å². The SMILES string of the molecule is Cc1oc(C)c(/C(Cl)=C(\C#N)c2ccccc2)c1C. The van der Waals surface area contributed by atoms with E-state index in [-0.39, 0.29) is 0 Å². The molecular formula is C16H14ClNO. The maximum Gasteiger partial charge on any atom is 0.110 e. The molecule has 2 rings (SSSR count). The molecule has 3 heteroatoms. The number of nitrogens with zero attached hydrogens (tertiary/aromatic N) is 1. The molecule has 0 spiro atoms. The molecule has 0 aliphatic heterocycles. The fraction of sp³-hybridized carbons (Fsp3) is 0.188. The fourth-order valence-electron chi connectivity index (χ4n) is 2.09. The predicted molar refractivity (Wildman–Crippen MR) is 77.6 cm³/mol. The Bertz CT molecular complexity index is 675. The van der Waals surface area contributed by atoms with Crippen LogP contribution in [0.5, 0.6) is 0 Å². The molecule has 0 atom stereocenters. The minimum atomic E-state index is 0.445. The van der Waals surface area contributed by atoms with E-state index in [0.717, 1.165) is 28.2 Å². The summed E-state index contributed by atoms with van der Waals surface area (Å²) >= 11 is 6.43. The van der Waals surface area contributed by atoms with Crippen LogP contribution in [0.15, 0.2) is 34.7 Å². The van der Waals surface area contributed by atoms with Gasteiger partial charge in [0.2, 0.25) is 0 Å². The molecule has 19 heavy (non-hydrogen) atoms. The van der Waals surface area contributed by atoms with Crippen molar-refractivity contribution in [3.63, 3.8) is 0 Å². The van der Waals surface area contributed by atoms with Crippen LogP contribution in [-0.4, -0.2) is 0 Å². The Kier molecular flexibility index (Phi) is 3.78. The van der Waals surface area contributed by atoms with Gasteiger partial charge in [-0.05, 0) is 31.9 Å². The Morgan fingerprint density at radius 3 is 2.21 bits per heavy atom. The van der Waals surface area contributed by atoms with Gasteiger partial charge in [-0.15, -0.1) is 0 Å². The van der Waals surface area contributed by atoms with Crippen molar-refractivity contribution in [2.75, 3.05) is 0 Å². The summed E-state index contributed by atoms with van der Waals surface area (Å²) < 4.78 is 5.57. The van der Waals surface area contributed by atoms with Crippen LogP contribution in [0.3, 0.4) is 0 Å². The van der Waals surface area contributed by atoms with E-state index in [1.807, 2.05) is 51.1 Å². The van der Waals surface area contributed by atoms with Crippen molar-refractivity contribution in [3.05, 3.63) is 58.5 Å². The molecule has 0 unspecified atom stereocenters. The summed E-state index contributed by atoms with van der Waals surface area (Å²) in [6.07, 6.45) is 0. The van der Waals surface area contributed by atoms with Crippen molar-refractivity contribution in [2.45, 2.75) is 20.8 Å². The van der Waals surface area contributed by atoms with E-state index in [9.17, 15) is 5.26 Å². The van der Waals surface area contributed by atoms with Gasteiger partial charge in [-0.2, -0.15) is 5.26 Å². The monoisotopic (exact) mass is 271 g/mol. The first kappa shape index (κ1) is 13.5. The molecule has 2 aromatic rings. The first-order chi connectivity index (χ1) is 9.06. The Hall–Kier alpha value is -1.98. The number of rotatable bonds is 2. The molecule has 0 N–H and O–H groups in total. The number of nitriles is 1. The van der Waals surface area contributed by atoms with Crippen LogP contribution < -0.4 is 0 Å². The minimum Gasteiger partial charge on any atom is -0.466 e. The van der Waals surface area contributed by atoms with Crippen molar-refractivity contribution in [1.82, 2.24) is 0 Å². The summed E-state index contributed by atoms with van der Waals surface area (Å²) in [5.41, 5.74) is 3.08. The molecule has 0 aliphatic rings. The second-order valence-electron chi connectivity index (χ2n) is 4.38. The van der Waals surface area contributed by atoms with Gasteiger partial charge in [0.1, 0.15) is 17.6 Å². The number of hydrogen-bond acceptors (Lipinski definition) is 2. The maximum atomic E-state index is 9.38. The minimum absolute atomic E-state index is 0.445. The van der Waals surface area contributed by atoms with Crippen molar-refractivity contribution in [2.24, 2.45) is 0 Å². The zero-order valence-electron chi connectivity index (χ0n) is 11.1. The molecule has 1 aromatic heterocycles. The predicted octanol–water partition coefficient (Wildman–Crippen LogP) is 4.84. The molecule has 2 nitrogen and oxygen atoms in total. The Morgan fingerprint density at radius 1 is 1.11 bits per heavy atom. The van der Waals surface area contributed by atoms with Crippen LogP contribution in [0.1, 0.15) is 28.2 Å². The van der Waals surface area contributed by atoms with Gasteiger partial charge in [0.05, 0.1) is 10.6 Å². The normalized spacial score (nSPS) is 11.9. The molecule has 0 aliphatic carbocycles. The average Bonchev–Trinajstić information content (AvgIpc) is 2.65. The smallest absolute Gasteiger partial charge is 0.110 e. The second kappa shape index (κ2) is 5.34. The molecule has 0 radical (unpaired) electrons. The van der Waals surface area contributed by atoms with Gasteiger partial charge in [-0.3, -0.25) is 0 Å². The highest BCUT2D eigenvalue weighted by atomic mass is 35.5. The maximum absolute atomic E-state index is 9.38. The summed E-state index contributed by atoms with van der Waals surface area (Å²) in [6, 6.07) is 11.6. The molecule has 1 aromatic carbocycles. The highest BCUT2D eigenvalue weighted by Crippen LogP contribution is 2.35. The van der Waals surface area contributed by atoms with Crippen LogP contribution in [-0.2, 0) is 0 Å². The van der Waals surface area contributed by atoms with Gasteiger partial charge < -0.3 is 4.42 Å². The molecule has 1 heterocycles. The van der Waals surface area contributed by atoms with E-state index in [1.54, 1.807) is 0 Å². The van der Waals surface area contributed by atoms with Crippen molar-refractivity contribution < 1.29 is 4.42 Å². The van der Waals surface area contributed by atoms with E-state index < -0.39 is 0 Å².